The number of nitrogens with zero attached hydrogens (tertiary/aromatic N) is 3. The highest BCUT2D eigenvalue weighted by Crippen LogP contribution is 2.31. The van der Waals surface area contributed by atoms with Crippen molar-refractivity contribution in [2.45, 2.75) is 32.1 Å². The number of hydrogen-bond donors (Lipinski definition) is 0. The number of benzene rings is 2. The van der Waals surface area contributed by atoms with E-state index in [0.717, 1.165) is 25.0 Å². The van der Waals surface area contributed by atoms with Crippen molar-refractivity contribution < 1.29 is 22.4 Å². The molecule has 0 saturated heterocycles. The molecule has 1 aromatic heterocycles. The summed E-state index contributed by atoms with van der Waals surface area (Å²) in [6.07, 6.45) is 1.05. The first-order chi connectivity index (χ1) is 14.8. The highest BCUT2D eigenvalue weighted by atomic mass is 19.4. The Labute approximate surface area is 177 Å². The average Bonchev–Trinajstić information content (AvgIpc) is 3.45. The Bertz CT molecular complexity index is 1060. The quantitative estimate of drug-likeness (QED) is 0.486. The number of alkyl halides is 3. The molecule has 1 saturated carbocycles. The van der Waals surface area contributed by atoms with Crippen LogP contribution in [-0.2, 0) is 19.3 Å². The summed E-state index contributed by atoms with van der Waals surface area (Å²) in [5.74, 6) is 0.303. The van der Waals surface area contributed by atoms with Crippen molar-refractivity contribution in [3.63, 3.8) is 0 Å². The zero-order chi connectivity index (χ0) is 22.0. The molecule has 2 aromatic carbocycles. The number of halogens is 4. The van der Waals surface area contributed by atoms with E-state index in [1.54, 1.807) is 27.9 Å². The van der Waals surface area contributed by atoms with E-state index in [4.69, 9.17) is 0 Å². The second-order valence-corrected chi connectivity index (χ2v) is 7.81. The van der Waals surface area contributed by atoms with Crippen molar-refractivity contribution in [3.05, 3.63) is 89.3 Å². The van der Waals surface area contributed by atoms with Gasteiger partial charge in [0, 0.05) is 31.0 Å². The van der Waals surface area contributed by atoms with E-state index in [-0.39, 0.29) is 18.0 Å². The summed E-state index contributed by atoms with van der Waals surface area (Å²) in [6, 6.07) is 10.6. The maximum atomic E-state index is 13.6. The standard InChI is InChI=1S/C23H21F4N3O/c24-20-3-1-2-18(12-20)22(31)30(14-16-4-5-16)15-21-28-10-11-29(21)13-17-6-8-19(9-7-17)23(25,26)27/h1-3,6-12,16H,4-5,13-15H2. The molecule has 31 heavy (non-hydrogen) atoms. The lowest BCUT2D eigenvalue weighted by Crippen LogP contribution is -2.33. The maximum Gasteiger partial charge on any atom is 0.416 e. The molecular formula is C23H21F4N3O. The van der Waals surface area contributed by atoms with Gasteiger partial charge in [0.05, 0.1) is 12.1 Å². The van der Waals surface area contributed by atoms with E-state index >= 15 is 0 Å². The summed E-state index contributed by atoms with van der Waals surface area (Å²) in [6.45, 7) is 1.13. The van der Waals surface area contributed by atoms with Gasteiger partial charge < -0.3 is 9.47 Å². The topological polar surface area (TPSA) is 38.1 Å². The van der Waals surface area contributed by atoms with Gasteiger partial charge in [-0.05, 0) is 54.7 Å². The van der Waals surface area contributed by atoms with E-state index in [9.17, 15) is 22.4 Å². The van der Waals surface area contributed by atoms with Crippen molar-refractivity contribution >= 4 is 5.91 Å². The lowest BCUT2D eigenvalue weighted by molar-refractivity contribution is -0.137. The van der Waals surface area contributed by atoms with Crippen molar-refractivity contribution in [3.8, 4) is 0 Å². The molecule has 0 N–H and O–H groups in total. The minimum Gasteiger partial charge on any atom is -0.331 e. The Morgan fingerprint density at radius 3 is 2.52 bits per heavy atom. The minimum atomic E-state index is -4.38. The molecule has 0 radical (unpaired) electrons. The highest BCUT2D eigenvalue weighted by Gasteiger charge is 2.30. The number of carbonyl (C=O) groups is 1. The van der Waals surface area contributed by atoms with Crippen molar-refractivity contribution in [1.82, 2.24) is 14.5 Å². The first kappa shape index (κ1) is 21.1. The molecule has 1 fully saturated rings. The predicted octanol–water partition coefficient (Wildman–Crippen LogP) is 5.14. The fraction of sp³-hybridized carbons (Fsp3) is 0.304. The van der Waals surface area contributed by atoms with E-state index in [1.807, 2.05) is 0 Å². The SMILES string of the molecule is O=C(c1cccc(F)c1)N(Cc1nccn1Cc1ccc(C(F)(F)F)cc1)CC1CC1. The van der Waals surface area contributed by atoms with Crippen LogP contribution in [0.1, 0.15) is 40.2 Å². The Morgan fingerprint density at radius 2 is 1.87 bits per heavy atom. The van der Waals surface area contributed by atoms with Crippen LogP contribution in [0, 0.1) is 11.7 Å². The lowest BCUT2D eigenvalue weighted by atomic mass is 10.1. The Hall–Kier alpha value is -3.16. The average molecular weight is 431 g/mol. The van der Waals surface area contributed by atoms with Crippen LogP contribution in [0.25, 0.3) is 0 Å². The van der Waals surface area contributed by atoms with Gasteiger partial charge in [0.25, 0.3) is 5.91 Å². The molecule has 1 amide bonds. The van der Waals surface area contributed by atoms with Crippen LogP contribution in [0.3, 0.4) is 0 Å². The third-order valence-electron chi connectivity index (χ3n) is 5.30. The van der Waals surface area contributed by atoms with Crippen LogP contribution >= 0.6 is 0 Å². The van der Waals surface area contributed by atoms with Crippen molar-refractivity contribution in [2.24, 2.45) is 5.92 Å². The summed E-state index contributed by atoms with van der Waals surface area (Å²) >= 11 is 0. The van der Waals surface area contributed by atoms with Gasteiger partial charge in [-0.25, -0.2) is 9.37 Å². The van der Waals surface area contributed by atoms with Crippen LogP contribution < -0.4 is 0 Å². The molecular weight excluding hydrogens is 410 g/mol. The summed E-state index contributed by atoms with van der Waals surface area (Å²) in [4.78, 5) is 19.0. The summed E-state index contributed by atoms with van der Waals surface area (Å²) < 4.78 is 53.7. The number of amides is 1. The van der Waals surface area contributed by atoms with E-state index in [1.165, 1.54) is 30.3 Å². The lowest BCUT2D eigenvalue weighted by Gasteiger charge is -2.23. The Kier molecular flexibility index (Phi) is 5.80. The largest absolute Gasteiger partial charge is 0.416 e. The third-order valence-corrected chi connectivity index (χ3v) is 5.30. The van der Waals surface area contributed by atoms with E-state index in [2.05, 4.69) is 4.98 Å². The number of carbonyl (C=O) groups excluding carboxylic acids is 1. The van der Waals surface area contributed by atoms with Crippen LogP contribution in [0.4, 0.5) is 17.6 Å². The van der Waals surface area contributed by atoms with Crippen LogP contribution in [0.2, 0.25) is 0 Å². The smallest absolute Gasteiger partial charge is 0.331 e. The first-order valence-corrected chi connectivity index (χ1v) is 10.0. The number of aromatic nitrogens is 2. The summed E-state index contributed by atoms with van der Waals surface area (Å²) in [7, 11) is 0. The van der Waals surface area contributed by atoms with Crippen LogP contribution in [0.15, 0.2) is 60.9 Å². The van der Waals surface area contributed by atoms with Gasteiger partial charge in [-0.2, -0.15) is 13.2 Å². The predicted molar refractivity (Wildman–Crippen MR) is 107 cm³/mol. The third kappa shape index (κ3) is 5.31. The van der Waals surface area contributed by atoms with Crippen LogP contribution in [0.5, 0.6) is 0 Å². The zero-order valence-corrected chi connectivity index (χ0v) is 16.6. The second-order valence-electron chi connectivity index (χ2n) is 7.81. The van der Waals surface area contributed by atoms with Gasteiger partial charge in [-0.15, -0.1) is 0 Å². The Morgan fingerprint density at radius 1 is 1.13 bits per heavy atom. The van der Waals surface area contributed by atoms with Crippen LogP contribution in [-0.4, -0.2) is 26.9 Å². The minimum absolute atomic E-state index is 0.236. The Balaban J connectivity index is 1.51. The van der Waals surface area contributed by atoms with Crippen molar-refractivity contribution in [2.75, 3.05) is 6.54 Å². The van der Waals surface area contributed by atoms with Gasteiger partial charge in [0.2, 0.25) is 0 Å². The molecule has 4 nitrogen and oxygen atoms in total. The molecule has 3 aromatic rings. The molecule has 1 aliphatic carbocycles. The number of imidazole rings is 1. The van der Waals surface area contributed by atoms with E-state index < -0.39 is 17.6 Å². The van der Waals surface area contributed by atoms with Gasteiger partial charge in [-0.3, -0.25) is 4.79 Å². The molecule has 0 atom stereocenters. The maximum absolute atomic E-state index is 13.6. The summed E-state index contributed by atoms with van der Waals surface area (Å²) in [5, 5.41) is 0. The van der Waals surface area contributed by atoms with Crippen molar-refractivity contribution in [1.29, 1.82) is 0 Å². The zero-order valence-electron chi connectivity index (χ0n) is 16.6. The molecule has 8 heteroatoms. The van der Waals surface area contributed by atoms with E-state index in [0.29, 0.717) is 30.4 Å². The number of rotatable bonds is 7. The molecule has 0 unspecified atom stereocenters. The van der Waals surface area contributed by atoms with Gasteiger partial charge in [-0.1, -0.05) is 18.2 Å². The molecule has 0 bridgehead atoms. The highest BCUT2D eigenvalue weighted by molar-refractivity contribution is 5.94. The first-order valence-electron chi connectivity index (χ1n) is 10.0. The molecule has 0 spiro atoms. The van der Waals surface area contributed by atoms with Gasteiger partial charge in [0.15, 0.2) is 0 Å². The van der Waals surface area contributed by atoms with Gasteiger partial charge in [0.1, 0.15) is 11.6 Å². The fourth-order valence-corrected chi connectivity index (χ4v) is 3.44. The molecule has 1 heterocycles. The molecule has 0 aliphatic heterocycles. The second kappa shape index (κ2) is 8.53. The molecule has 1 aliphatic rings. The van der Waals surface area contributed by atoms with Gasteiger partial charge >= 0.3 is 6.18 Å². The molecule has 162 valence electrons. The fourth-order valence-electron chi connectivity index (χ4n) is 3.44. The molecule has 4 rings (SSSR count). The number of hydrogen-bond acceptors (Lipinski definition) is 2. The summed E-state index contributed by atoms with van der Waals surface area (Å²) in [5.41, 5.74) is 0.275. The normalized spacial score (nSPS) is 13.9. The monoisotopic (exact) mass is 431 g/mol.